The van der Waals surface area contributed by atoms with Gasteiger partial charge in [-0.3, -0.25) is 15.0 Å². The fourth-order valence-electron chi connectivity index (χ4n) is 2.51. The van der Waals surface area contributed by atoms with Crippen molar-refractivity contribution in [3.8, 4) is 0 Å². The Balaban J connectivity index is 2.12. The van der Waals surface area contributed by atoms with Gasteiger partial charge in [0.05, 0.1) is 23.6 Å². The van der Waals surface area contributed by atoms with Gasteiger partial charge in [0, 0.05) is 45.0 Å². The van der Waals surface area contributed by atoms with Gasteiger partial charge in [0.25, 0.3) is 5.69 Å². The van der Waals surface area contributed by atoms with Gasteiger partial charge in [-0.1, -0.05) is 0 Å². The lowest BCUT2D eigenvalue weighted by molar-refractivity contribution is -0.385. The lowest BCUT2D eigenvalue weighted by Gasteiger charge is -2.35. The molecule has 1 saturated heterocycles. The van der Waals surface area contributed by atoms with Crippen molar-refractivity contribution in [3.63, 3.8) is 0 Å². The van der Waals surface area contributed by atoms with Crippen LogP contribution in [0.3, 0.4) is 0 Å². The molecule has 0 bridgehead atoms. The maximum atomic E-state index is 11.0. The second-order valence-electron chi connectivity index (χ2n) is 4.96. The summed E-state index contributed by atoms with van der Waals surface area (Å²) in [7, 11) is 1.52. The van der Waals surface area contributed by atoms with Gasteiger partial charge in [0.15, 0.2) is 0 Å². The van der Waals surface area contributed by atoms with Crippen molar-refractivity contribution >= 4 is 17.7 Å². The first-order chi connectivity index (χ1) is 10.2. The van der Waals surface area contributed by atoms with E-state index in [4.69, 9.17) is 4.74 Å². The third-order valence-corrected chi connectivity index (χ3v) is 3.63. The summed E-state index contributed by atoms with van der Waals surface area (Å²) >= 11 is 0. The maximum absolute atomic E-state index is 11.0. The van der Waals surface area contributed by atoms with Crippen molar-refractivity contribution in [1.29, 1.82) is 0 Å². The van der Waals surface area contributed by atoms with Gasteiger partial charge in [0.2, 0.25) is 0 Å². The Morgan fingerprint density at radius 1 is 1.33 bits per heavy atom. The molecule has 1 aromatic rings. The second kappa shape index (κ2) is 7.14. The molecule has 0 amide bonds. The molecule has 0 aromatic heterocycles. The Morgan fingerprint density at radius 3 is 2.62 bits per heavy atom. The number of nitrogens with zero attached hydrogens (tertiary/aromatic N) is 3. The van der Waals surface area contributed by atoms with Gasteiger partial charge in [-0.25, -0.2) is 0 Å². The Hall–Kier alpha value is -1.99. The summed E-state index contributed by atoms with van der Waals surface area (Å²) < 4.78 is 5.04. The number of aldehydes is 1. The predicted octanol–water partition coefficient (Wildman–Crippen LogP) is 1.06. The van der Waals surface area contributed by atoms with Crippen molar-refractivity contribution in [2.45, 2.75) is 6.61 Å². The zero-order valence-corrected chi connectivity index (χ0v) is 12.0. The monoisotopic (exact) mass is 293 g/mol. The standard InChI is InChI=1S/C14H19N3O4/c1-21-11-12-10-13(2-3-14(12)17(19)20)16-6-4-15(5-7-16)8-9-18/h2-3,9-10H,4-8,11H2,1H3. The largest absolute Gasteiger partial charge is 0.380 e. The van der Waals surface area contributed by atoms with E-state index in [-0.39, 0.29) is 17.2 Å². The number of nitro groups is 1. The number of anilines is 1. The summed E-state index contributed by atoms with van der Waals surface area (Å²) in [6.45, 7) is 3.92. The van der Waals surface area contributed by atoms with Crippen LogP contribution in [0.2, 0.25) is 0 Å². The molecule has 2 rings (SSSR count). The number of hydrogen-bond acceptors (Lipinski definition) is 6. The lowest BCUT2D eigenvalue weighted by Crippen LogP contribution is -2.46. The number of hydrogen-bond donors (Lipinski definition) is 0. The summed E-state index contributed by atoms with van der Waals surface area (Å²) in [5.74, 6) is 0. The first-order valence-corrected chi connectivity index (χ1v) is 6.83. The fourth-order valence-corrected chi connectivity index (χ4v) is 2.51. The molecule has 0 unspecified atom stereocenters. The number of benzene rings is 1. The number of methoxy groups -OCH3 is 1. The number of carbonyl (C=O) groups excluding carboxylic acids is 1. The molecule has 1 aliphatic heterocycles. The molecule has 1 fully saturated rings. The van der Waals surface area contributed by atoms with Crippen LogP contribution in [-0.4, -0.2) is 55.9 Å². The van der Waals surface area contributed by atoms with E-state index in [9.17, 15) is 14.9 Å². The molecular weight excluding hydrogens is 274 g/mol. The van der Waals surface area contributed by atoms with Crippen LogP contribution in [0.5, 0.6) is 0 Å². The molecule has 0 atom stereocenters. The fraction of sp³-hybridized carbons (Fsp3) is 0.500. The third-order valence-electron chi connectivity index (χ3n) is 3.63. The van der Waals surface area contributed by atoms with Crippen LogP contribution in [0.15, 0.2) is 18.2 Å². The Morgan fingerprint density at radius 2 is 2.05 bits per heavy atom. The highest BCUT2D eigenvalue weighted by atomic mass is 16.6. The highest BCUT2D eigenvalue weighted by Gasteiger charge is 2.20. The Bertz CT molecular complexity index is 513. The summed E-state index contributed by atoms with van der Waals surface area (Å²) in [6.07, 6.45) is 0.915. The van der Waals surface area contributed by atoms with Crippen LogP contribution in [0.1, 0.15) is 5.56 Å². The van der Waals surface area contributed by atoms with Crippen LogP contribution in [0, 0.1) is 10.1 Å². The van der Waals surface area contributed by atoms with Crippen molar-refractivity contribution in [2.75, 3.05) is 44.7 Å². The molecule has 1 aromatic carbocycles. The van der Waals surface area contributed by atoms with Crippen LogP contribution in [0.4, 0.5) is 11.4 Å². The Labute approximate surface area is 123 Å². The number of carbonyl (C=O) groups is 1. The van der Waals surface area contributed by atoms with E-state index < -0.39 is 0 Å². The van der Waals surface area contributed by atoms with Gasteiger partial charge in [0.1, 0.15) is 6.29 Å². The predicted molar refractivity (Wildman–Crippen MR) is 78.5 cm³/mol. The van der Waals surface area contributed by atoms with E-state index in [2.05, 4.69) is 9.80 Å². The van der Waals surface area contributed by atoms with Crippen LogP contribution in [0.25, 0.3) is 0 Å². The SMILES string of the molecule is COCc1cc(N2CCN(CC=O)CC2)ccc1[N+](=O)[O-]. The minimum Gasteiger partial charge on any atom is -0.380 e. The Kier molecular flexibility index (Phi) is 5.24. The van der Waals surface area contributed by atoms with Gasteiger partial charge >= 0.3 is 0 Å². The normalized spacial score (nSPS) is 16.0. The molecule has 1 heterocycles. The summed E-state index contributed by atoms with van der Waals surface area (Å²) in [5, 5.41) is 11.0. The molecule has 7 heteroatoms. The number of ether oxygens (including phenoxy) is 1. The highest BCUT2D eigenvalue weighted by Crippen LogP contribution is 2.26. The topological polar surface area (TPSA) is 75.9 Å². The molecule has 21 heavy (non-hydrogen) atoms. The van der Waals surface area contributed by atoms with E-state index in [1.807, 2.05) is 6.07 Å². The summed E-state index contributed by atoms with van der Waals surface area (Å²) in [4.78, 5) is 25.4. The first kappa shape index (κ1) is 15.4. The van der Waals surface area contributed by atoms with Crippen molar-refractivity contribution in [3.05, 3.63) is 33.9 Å². The maximum Gasteiger partial charge on any atom is 0.275 e. The molecular formula is C14H19N3O4. The smallest absolute Gasteiger partial charge is 0.275 e. The molecule has 0 spiro atoms. The first-order valence-electron chi connectivity index (χ1n) is 6.83. The van der Waals surface area contributed by atoms with Gasteiger partial charge in [-0.2, -0.15) is 0 Å². The minimum absolute atomic E-state index is 0.0835. The highest BCUT2D eigenvalue weighted by molar-refractivity contribution is 5.56. The van der Waals surface area contributed by atoms with Crippen LogP contribution < -0.4 is 4.90 Å². The molecule has 114 valence electrons. The van der Waals surface area contributed by atoms with E-state index in [0.29, 0.717) is 12.1 Å². The van der Waals surface area contributed by atoms with Crippen molar-refractivity contribution < 1.29 is 14.5 Å². The molecule has 0 radical (unpaired) electrons. The number of nitro benzene ring substituents is 1. The molecule has 0 aliphatic carbocycles. The zero-order chi connectivity index (χ0) is 15.2. The average molecular weight is 293 g/mol. The van der Waals surface area contributed by atoms with Gasteiger partial charge in [-0.15, -0.1) is 0 Å². The lowest BCUT2D eigenvalue weighted by atomic mass is 10.1. The van der Waals surface area contributed by atoms with Crippen LogP contribution >= 0.6 is 0 Å². The van der Waals surface area contributed by atoms with E-state index >= 15 is 0 Å². The van der Waals surface area contributed by atoms with Crippen molar-refractivity contribution in [2.24, 2.45) is 0 Å². The second-order valence-corrected chi connectivity index (χ2v) is 4.96. The zero-order valence-electron chi connectivity index (χ0n) is 12.0. The number of rotatable bonds is 6. The third kappa shape index (κ3) is 3.77. The van der Waals surface area contributed by atoms with Crippen molar-refractivity contribution in [1.82, 2.24) is 4.90 Å². The van der Waals surface area contributed by atoms with Crippen LogP contribution in [-0.2, 0) is 16.1 Å². The molecule has 7 nitrogen and oxygen atoms in total. The number of piperazine rings is 1. The van der Waals surface area contributed by atoms with Gasteiger partial charge in [-0.05, 0) is 12.1 Å². The molecule has 0 N–H and O–H groups in total. The summed E-state index contributed by atoms with van der Waals surface area (Å²) in [6, 6.07) is 5.12. The molecule has 0 saturated carbocycles. The van der Waals surface area contributed by atoms with Gasteiger partial charge < -0.3 is 14.4 Å². The minimum atomic E-state index is -0.389. The quantitative estimate of drug-likeness (QED) is 0.443. The van der Waals surface area contributed by atoms with E-state index in [0.717, 1.165) is 38.2 Å². The molecule has 1 aliphatic rings. The van der Waals surface area contributed by atoms with E-state index in [1.165, 1.54) is 13.2 Å². The summed E-state index contributed by atoms with van der Waals surface area (Å²) in [5.41, 5.74) is 1.62. The van der Waals surface area contributed by atoms with E-state index in [1.54, 1.807) is 6.07 Å². The average Bonchev–Trinajstić information content (AvgIpc) is 2.48.